The molecule has 1 atom stereocenters. The molecule has 0 aliphatic carbocycles. The van der Waals surface area contributed by atoms with Gasteiger partial charge in [0.05, 0.1) is 29.4 Å². The molecule has 6 nitrogen and oxygen atoms in total. The van der Waals surface area contributed by atoms with Crippen molar-refractivity contribution in [3.05, 3.63) is 76.0 Å². The first-order valence-electron chi connectivity index (χ1n) is 8.30. The molecule has 0 saturated heterocycles. The van der Waals surface area contributed by atoms with Gasteiger partial charge in [-0.15, -0.1) is 0 Å². The van der Waals surface area contributed by atoms with Crippen LogP contribution in [0.1, 0.15) is 23.9 Å². The standard InChI is InChI=1S/C20H21N3O3/c1-13-11-21-16(10-17(13)23-14(2)6-4-9-19(23)25)15-7-5-8-18(22-15)20(3,26)12-24/h4-11,24,26H,12H2,1-3H3. The van der Waals surface area contributed by atoms with Crippen molar-refractivity contribution in [3.8, 4) is 17.1 Å². The van der Waals surface area contributed by atoms with Gasteiger partial charge >= 0.3 is 0 Å². The third-order valence-electron chi connectivity index (χ3n) is 4.34. The highest BCUT2D eigenvalue weighted by atomic mass is 16.3. The molecule has 0 spiro atoms. The zero-order chi connectivity index (χ0) is 18.9. The number of aromatic nitrogens is 3. The maximum atomic E-state index is 12.3. The molecular weight excluding hydrogens is 330 g/mol. The second-order valence-corrected chi connectivity index (χ2v) is 6.54. The fraction of sp³-hybridized carbons (Fsp3) is 0.250. The summed E-state index contributed by atoms with van der Waals surface area (Å²) in [6.07, 6.45) is 1.70. The highest BCUT2D eigenvalue weighted by molar-refractivity contribution is 5.59. The quantitative estimate of drug-likeness (QED) is 0.752. The van der Waals surface area contributed by atoms with Gasteiger partial charge in [-0.3, -0.25) is 14.3 Å². The molecule has 0 aliphatic rings. The molecule has 1 unspecified atom stereocenters. The lowest BCUT2D eigenvalue weighted by Crippen LogP contribution is -2.27. The Labute approximate surface area is 151 Å². The summed E-state index contributed by atoms with van der Waals surface area (Å²) in [4.78, 5) is 21.2. The van der Waals surface area contributed by atoms with Gasteiger partial charge in [0.25, 0.3) is 5.56 Å². The summed E-state index contributed by atoms with van der Waals surface area (Å²) in [5, 5.41) is 19.6. The molecule has 6 heteroatoms. The average molecular weight is 351 g/mol. The molecule has 3 aromatic rings. The zero-order valence-corrected chi connectivity index (χ0v) is 15.0. The fourth-order valence-corrected chi connectivity index (χ4v) is 2.75. The molecule has 26 heavy (non-hydrogen) atoms. The van der Waals surface area contributed by atoms with Crippen molar-refractivity contribution >= 4 is 0 Å². The van der Waals surface area contributed by atoms with E-state index in [9.17, 15) is 15.0 Å². The monoisotopic (exact) mass is 351 g/mol. The molecule has 0 fully saturated rings. The number of hydrogen-bond acceptors (Lipinski definition) is 5. The Bertz CT molecular complexity index is 1010. The summed E-state index contributed by atoms with van der Waals surface area (Å²) in [7, 11) is 0. The number of aryl methyl sites for hydroxylation is 2. The molecule has 0 bridgehead atoms. The lowest BCUT2D eigenvalue weighted by molar-refractivity contribution is -0.00576. The van der Waals surface area contributed by atoms with E-state index in [-0.39, 0.29) is 5.56 Å². The Hall–Kier alpha value is -2.83. The Kier molecular flexibility index (Phi) is 4.71. The van der Waals surface area contributed by atoms with Gasteiger partial charge in [0.2, 0.25) is 0 Å². The molecule has 0 aliphatic heterocycles. The summed E-state index contributed by atoms with van der Waals surface area (Å²) in [6, 6.07) is 12.1. The van der Waals surface area contributed by atoms with Gasteiger partial charge < -0.3 is 10.2 Å². The van der Waals surface area contributed by atoms with E-state index in [2.05, 4.69) is 9.97 Å². The SMILES string of the molecule is Cc1cnc(-c2cccc(C(C)(O)CO)n2)cc1-n1c(C)cccc1=O. The molecular formula is C20H21N3O3. The maximum Gasteiger partial charge on any atom is 0.255 e. The summed E-state index contributed by atoms with van der Waals surface area (Å²) in [6.45, 7) is 4.83. The van der Waals surface area contributed by atoms with Crippen molar-refractivity contribution in [3.63, 3.8) is 0 Å². The van der Waals surface area contributed by atoms with Gasteiger partial charge in [-0.2, -0.15) is 0 Å². The van der Waals surface area contributed by atoms with Crippen LogP contribution >= 0.6 is 0 Å². The minimum absolute atomic E-state index is 0.116. The third kappa shape index (κ3) is 3.29. The first-order chi connectivity index (χ1) is 12.3. The van der Waals surface area contributed by atoms with Crippen LogP contribution in [0.25, 0.3) is 17.1 Å². The Morgan fingerprint density at radius 3 is 2.54 bits per heavy atom. The first kappa shape index (κ1) is 18.0. The van der Waals surface area contributed by atoms with E-state index in [0.29, 0.717) is 17.1 Å². The average Bonchev–Trinajstić information content (AvgIpc) is 2.63. The molecule has 3 rings (SSSR count). The van der Waals surface area contributed by atoms with Crippen molar-refractivity contribution < 1.29 is 10.2 Å². The van der Waals surface area contributed by atoms with Crippen LogP contribution in [0, 0.1) is 13.8 Å². The number of nitrogens with zero attached hydrogens (tertiary/aromatic N) is 3. The van der Waals surface area contributed by atoms with Gasteiger partial charge in [-0.05, 0) is 50.6 Å². The molecule has 0 aromatic carbocycles. The van der Waals surface area contributed by atoms with E-state index in [4.69, 9.17) is 0 Å². The Balaban J connectivity index is 2.15. The minimum Gasteiger partial charge on any atom is -0.393 e. The van der Waals surface area contributed by atoms with Crippen LogP contribution in [-0.4, -0.2) is 31.4 Å². The largest absolute Gasteiger partial charge is 0.393 e. The zero-order valence-electron chi connectivity index (χ0n) is 15.0. The lowest BCUT2D eigenvalue weighted by atomic mass is 10.0. The van der Waals surface area contributed by atoms with E-state index in [0.717, 1.165) is 16.9 Å². The molecule has 0 saturated carbocycles. The van der Waals surface area contributed by atoms with Crippen LogP contribution in [0.2, 0.25) is 0 Å². The fourth-order valence-electron chi connectivity index (χ4n) is 2.75. The number of rotatable bonds is 4. The molecule has 3 aromatic heterocycles. The van der Waals surface area contributed by atoms with Crippen molar-refractivity contribution in [1.82, 2.24) is 14.5 Å². The van der Waals surface area contributed by atoms with Crippen molar-refractivity contribution in [2.45, 2.75) is 26.4 Å². The van der Waals surface area contributed by atoms with Crippen molar-refractivity contribution in [2.24, 2.45) is 0 Å². The second kappa shape index (κ2) is 6.82. The van der Waals surface area contributed by atoms with Crippen LogP contribution < -0.4 is 5.56 Å². The third-order valence-corrected chi connectivity index (χ3v) is 4.34. The maximum absolute atomic E-state index is 12.3. The van der Waals surface area contributed by atoms with Crippen LogP contribution in [0.4, 0.5) is 0 Å². The molecule has 3 heterocycles. The minimum atomic E-state index is -1.43. The van der Waals surface area contributed by atoms with Gasteiger partial charge in [-0.1, -0.05) is 12.1 Å². The highest BCUT2D eigenvalue weighted by Crippen LogP contribution is 2.24. The van der Waals surface area contributed by atoms with E-state index in [1.165, 1.54) is 13.0 Å². The Morgan fingerprint density at radius 1 is 1.12 bits per heavy atom. The number of aliphatic hydroxyl groups excluding tert-OH is 1. The van der Waals surface area contributed by atoms with Crippen LogP contribution in [0.3, 0.4) is 0 Å². The lowest BCUT2D eigenvalue weighted by Gasteiger charge is -2.20. The van der Waals surface area contributed by atoms with E-state index in [1.54, 1.807) is 35.0 Å². The molecule has 0 amide bonds. The Morgan fingerprint density at radius 2 is 1.85 bits per heavy atom. The predicted octanol–water partition coefficient (Wildman–Crippen LogP) is 2.11. The van der Waals surface area contributed by atoms with E-state index in [1.807, 2.05) is 26.0 Å². The van der Waals surface area contributed by atoms with Gasteiger partial charge in [0, 0.05) is 18.0 Å². The normalized spacial score (nSPS) is 13.4. The van der Waals surface area contributed by atoms with Crippen molar-refractivity contribution in [1.29, 1.82) is 0 Å². The highest BCUT2D eigenvalue weighted by Gasteiger charge is 2.24. The number of pyridine rings is 3. The van der Waals surface area contributed by atoms with Crippen molar-refractivity contribution in [2.75, 3.05) is 6.61 Å². The van der Waals surface area contributed by atoms with Gasteiger partial charge in [-0.25, -0.2) is 4.98 Å². The second-order valence-electron chi connectivity index (χ2n) is 6.54. The molecule has 2 N–H and O–H groups in total. The van der Waals surface area contributed by atoms with Crippen LogP contribution in [0.15, 0.2) is 53.5 Å². The van der Waals surface area contributed by atoms with Crippen LogP contribution in [0.5, 0.6) is 0 Å². The van der Waals surface area contributed by atoms with E-state index < -0.39 is 12.2 Å². The molecule has 0 radical (unpaired) electrons. The number of hydrogen-bond donors (Lipinski definition) is 2. The van der Waals surface area contributed by atoms with Gasteiger partial charge in [0.15, 0.2) is 0 Å². The number of aliphatic hydroxyl groups is 2. The van der Waals surface area contributed by atoms with Gasteiger partial charge in [0.1, 0.15) is 5.60 Å². The summed E-state index contributed by atoms with van der Waals surface area (Å²) in [5.74, 6) is 0. The predicted molar refractivity (Wildman–Crippen MR) is 99.2 cm³/mol. The topological polar surface area (TPSA) is 88.2 Å². The summed E-state index contributed by atoms with van der Waals surface area (Å²) >= 11 is 0. The summed E-state index contributed by atoms with van der Waals surface area (Å²) in [5.41, 5.74) is 2.36. The van der Waals surface area contributed by atoms with Crippen LogP contribution in [-0.2, 0) is 5.60 Å². The smallest absolute Gasteiger partial charge is 0.255 e. The van der Waals surface area contributed by atoms with E-state index >= 15 is 0 Å². The first-order valence-corrected chi connectivity index (χ1v) is 8.30. The molecule has 134 valence electrons. The summed E-state index contributed by atoms with van der Waals surface area (Å²) < 4.78 is 1.63.